The van der Waals surface area contributed by atoms with Crippen LogP contribution in [-0.4, -0.2) is 63.3 Å². The zero-order chi connectivity index (χ0) is 21.0. The van der Waals surface area contributed by atoms with Crippen molar-refractivity contribution in [3.05, 3.63) is 64.7 Å². The van der Waals surface area contributed by atoms with Crippen molar-refractivity contribution in [3.8, 4) is 0 Å². The second-order valence-corrected chi connectivity index (χ2v) is 8.75. The Morgan fingerprint density at radius 1 is 1.10 bits per heavy atom. The van der Waals surface area contributed by atoms with Crippen LogP contribution in [0.15, 0.2) is 59.5 Å². The summed E-state index contributed by atoms with van der Waals surface area (Å²) in [7, 11) is -2.25. The average molecular weight is 419 g/mol. The lowest BCUT2D eigenvalue weighted by Gasteiger charge is -2.31. The van der Waals surface area contributed by atoms with Gasteiger partial charge in [0, 0.05) is 18.8 Å². The summed E-state index contributed by atoms with van der Waals surface area (Å²) in [6.45, 7) is 1.56. The molecule has 1 saturated heterocycles. The number of sulfonamides is 1. The summed E-state index contributed by atoms with van der Waals surface area (Å²) in [4.78, 5) is 25.3. The van der Waals surface area contributed by atoms with E-state index in [-0.39, 0.29) is 30.4 Å². The van der Waals surface area contributed by atoms with Gasteiger partial charge >= 0.3 is 0 Å². The molecule has 1 aliphatic rings. The minimum absolute atomic E-state index is 0.0544. The summed E-state index contributed by atoms with van der Waals surface area (Å²) in [6.07, 6.45) is 0. The fraction of sp³-hybridized carbons (Fsp3) is 0.316. The number of nitro groups is 1. The molecule has 1 aliphatic heterocycles. The molecule has 0 spiro atoms. The first kappa shape index (κ1) is 20.9. The number of amides is 1. The molecule has 0 radical (unpaired) electrons. The van der Waals surface area contributed by atoms with Crippen LogP contribution in [0.1, 0.15) is 0 Å². The number of carbonyl (C=O) groups excluding carboxylic acids is 1. The number of anilines is 1. The molecular weight excluding hydrogens is 396 g/mol. The number of hydrogen-bond acceptors (Lipinski definition) is 5. The molecule has 1 heterocycles. The van der Waals surface area contributed by atoms with E-state index in [0.29, 0.717) is 13.1 Å². The van der Waals surface area contributed by atoms with Crippen molar-refractivity contribution in [1.82, 2.24) is 4.31 Å². The number of likely N-dealkylation sites (N-methyl/N-ethyl adjacent to an activating group) is 1. The van der Waals surface area contributed by atoms with Crippen LogP contribution < -0.4 is 9.80 Å². The number of nitrogens with one attached hydrogen (secondary N) is 1. The molecule has 0 bridgehead atoms. The molecule has 0 aromatic heterocycles. The highest BCUT2D eigenvalue weighted by molar-refractivity contribution is 7.89. The fourth-order valence-corrected chi connectivity index (χ4v) is 4.91. The number of quaternary nitrogens is 1. The predicted molar refractivity (Wildman–Crippen MR) is 107 cm³/mol. The van der Waals surface area contributed by atoms with Gasteiger partial charge in [-0.1, -0.05) is 30.3 Å². The van der Waals surface area contributed by atoms with Gasteiger partial charge < -0.3 is 9.80 Å². The standard InChI is InChI=1S/C19H22N4O5S/c1-20(16-7-3-2-4-8-16)19(24)15-21-11-13-22(14-12-21)29(27,28)18-10-6-5-9-17(18)23(25)26/h2-10H,11-15H2,1H3/p+1. The maximum atomic E-state index is 12.9. The van der Waals surface area contributed by atoms with Crippen LogP contribution in [0.25, 0.3) is 0 Å². The average Bonchev–Trinajstić information content (AvgIpc) is 2.74. The highest BCUT2D eigenvalue weighted by atomic mass is 32.2. The summed E-state index contributed by atoms with van der Waals surface area (Å²) >= 11 is 0. The Balaban J connectivity index is 1.63. The number of nitro benzene ring substituents is 1. The molecule has 2 aromatic carbocycles. The van der Waals surface area contributed by atoms with E-state index in [1.807, 2.05) is 30.3 Å². The van der Waals surface area contributed by atoms with Crippen LogP contribution in [-0.2, 0) is 14.8 Å². The van der Waals surface area contributed by atoms with E-state index in [2.05, 4.69) is 0 Å². The molecule has 0 aliphatic carbocycles. The number of rotatable bonds is 6. The lowest BCUT2D eigenvalue weighted by Crippen LogP contribution is -3.15. The van der Waals surface area contributed by atoms with E-state index < -0.39 is 20.6 Å². The number of benzene rings is 2. The van der Waals surface area contributed by atoms with Gasteiger partial charge in [0.15, 0.2) is 11.4 Å². The van der Waals surface area contributed by atoms with Crippen LogP contribution in [0.3, 0.4) is 0 Å². The molecule has 0 unspecified atom stereocenters. The van der Waals surface area contributed by atoms with Gasteiger partial charge in [-0.2, -0.15) is 4.31 Å². The van der Waals surface area contributed by atoms with E-state index in [0.717, 1.165) is 10.6 Å². The van der Waals surface area contributed by atoms with Crippen molar-refractivity contribution >= 4 is 27.3 Å². The van der Waals surface area contributed by atoms with Crippen molar-refractivity contribution < 1.29 is 23.0 Å². The van der Waals surface area contributed by atoms with Crippen molar-refractivity contribution in [1.29, 1.82) is 0 Å². The molecule has 154 valence electrons. The molecule has 1 N–H and O–H groups in total. The zero-order valence-electron chi connectivity index (χ0n) is 16.0. The quantitative estimate of drug-likeness (QED) is 0.530. The maximum Gasteiger partial charge on any atom is 0.289 e. The van der Waals surface area contributed by atoms with Crippen LogP contribution in [0.2, 0.25) is 0 Å². The van der Waals surface area contributed by atoms with Gasteiger partial charge in [-0.15, -0.1) is 0 Å². The fourth-order valence-electron chi connectivity index (χ4n) is 3.31. The third kappa shape index (κ3) is 4.61. The van der Waals surface area contributed by atoms with E-state index >= 15 is 0 Å². The normalized spacial score (nSPS) is 15.8. The van der Waals surface area contributed by atoms with Gasteiger partial charge in [0.25, 0.3) is 11.6 Å². The molecule has 1 fully saturated rings. The molecule has 10 heteroatoms. The highest BCUT2D eigenvalue weighted by Crippen LogP contribution is 2.26. The number of piperazine rings is 1. The van der Waals surface area contributed by atoms with E-state index in [4.69, 9.17) is 0 Å². The Morgan fingerprint density at radius 2 is 1.69 bits per heavy atom. The molecule has 29 heavy (non-hydrogen) atoms. The molecule has 0 atom stereocenters. The molecule has 2 aromatic rings. The van der Waals surface area contributed by atoms with Gasteiger partial charge in [0.2, 0.25) is 10.0 Å². The highest BCUT2D eigenvalue weighted by Gasteiger charge is 2.35. The first-order valence-electron chi connectivity index (χ1n) is 9.19. The first-order chi connectivity index (χ1) is 13.8. The van der Waals surface area contributed by atoms with Crippen LogP contribution >= 0.6 is 0 Å². The third-order valence-electron chi connectivity index (χ3n) is 5.03. The lowest BCUT2D eigenvalue weighted by atomic mass is 10.3. The summed E-state index contributed by atoms with van der Waals surface area (Å²) in [6, 6.07) is 14.7. The second kappa shape index (κ2) is 8.68. The van der Waals surface area contributed by atoms with Gasteiger partial charge in [0.05, 0.1) is 31.1 Å². The van der Waals surface area contributed by atoms with E-state index in [9.17, 15) is 23.3 Å². The SMILES string of the molecule is CN(C(=O)C[NH+]1CCN(S(=O)(=O)c2ccccc2[N+](=O)[O-])CC1)c1ccccc1. The summed E-state index contributed by atoms with van der Waals surface area (Å²) < 4.78 is 27.0. The summed E-state index contributed by atoms with van der Waals surface area (Å²) in [5.41, 5.74) is 0.372. The van der Waals surface area contributed by atoms with Crippen molar-refractivity contribution in [2.24, 2.45) is 0 Å². The molecule has 1 amide bonds. The minimum Gasteiger partial charge on any atom is -0.325 e. The smallest absolute Gasteiger partial charge is 0.289 e. The topological polar surface area (TPSA) is 105 Å². The second-order valence-electron chi connectivity index (χ2n) is 6.84. The predicted octanol–water partition coefficient (Wildman–Crippen LogP) is 0.147. The molecule has 9 nitrogen and oxygen atoms in total. The van der Waals surface area contributed by atoms with Crippen molar-refractivity contribution in [3.63, 3.8) is 0 Å². The maximum absolute atomic E-state index is 12.9. The Labute approximate surface area is 169 Å². The van der Waals surface area contributed by atoms with Gasteiger partial charge in [-0.05, 0) is 18.2 Å². The monoisotopic (exact) mass is 419 g/mol. The van der Waals surface area contributed by atoms with Crippen molar-refractivity contribution in [2.75, 3.05) is 44.7 Å². The van der Waals surface area contributed by atoms with Gasteiger partial charge in [-0.3, -0.25) is 14.9 Å². The Morgan fingerprint density at radius 3 is 2.31 bits per heavy atom. The third-order valence-corrected chi connectivity index (χ3v) is 6.97. The molecular formula is C19H23N4O5S+. The number of para-hydroxylation sites is 2. The zero-order valence-corrected chi connectivity index (χ0v) is 16.8. The molecule has 3 rings (SSSR count). The Hall–Kier alpha value is -2.82. The number of carbonyl (C=O) groups is 1. The Kier molecular flexibility index (Phi) is 6.26. The Bertz CT molecular complexity index is 989. The number of hydrogen-bond donors (Lipinski definition) is 1. The largest absolute Gasteiger partial charge is 0.325 e. The summed E-state index contributed by atoms with van der Waals surface area (Å²) in [5.74, 6) is -0.0544. The summed E-state index contributed by atoms with van der Waals surface area (Å²) in [5, 5.41) is 11.2. The van der Waals surface area contributed by atoms with Crippen LogP contribution in [0, 0.1) is 10.1 Å². The van der Waals surface area contributed by atoms with E-state index in [1.165, 1.54) is 28.6 Å². The first-order valence-corrected chi connectivity index (χ1v) is 10.6. The number of nitrogens with zero attached hydrogens (tertiary/aromatic N) is 3. The molecule has 0 saturated carbocycles. The van der Waals surface area contributed by atoms with E-state index in [1.54, 1.807) is 11.9 Å². The van der Waals surface area contributed by atoms with Crippen molar-refractivity contribution in [2.45, 2.75) is 4.90 Å². The lowest BCUT2D eigenvalue weighted by molar-refractivity contribution is -0.895. The van der Waals surface area contributed by atoms with Crippen LogP contribution in [0.4, 0.5) is 11.4 Å². The minimum atomic E-state index is -3.97. The van der Waals surface area contributed by atoms with Crippen LogP contribution in [0.5, 0.6) is 0 Å². The van der Waals surface area contributed by atoms with Gasteiger partial charge in [-0.25, -0.2) is 8.42 Å². The van der Waals surface area contributed by atoms with Gasteiger partial charge in [0.1, 0.15) is 0 Å².